The van der Waals surface area contributed by atoms with E-state index in [4.69, 9.17) is 6.35 Å². The summed E-state index contributed by atoms with van der Waals surface area (Å²) in [5, 5.41) is 1.48. The molecule has 2 nitrogen and oxygen atoms in total. The van der Waals surface area contributed by atoms with Gasteiger partial charge in [-0.3, -0.25) is 0 Å². The topological polar surface area (TPSA) is 25.8 Å². The van der Waals surface area contributed by atoms with Gasteiger partial charge in [-0.15, -0.1) is 71.8 Å². The van der Waals surface area contributed by atoms with E-state index < -0.39 is 14.0 Å². The van der Waals surface area contributed by atoms with E-state index in [0.29, 0.717) is 5.92 Å². The Bertz CT molecular complexity index is 1650. The zero-order valence-corrected chi connectivity index (χ0v) is 31.0. The zero-order chi connectivity index (χ0) is 32.1. The van der Waals surface area contributed by atoms with Crippen molar-refractivity contribution in [3.63, 3.8) is 0 Å². The summed E-state index contributed by atoms with van der Waals surface area (Å²) in [6.07, 6.45) is 3.95. The van der Waals surface area contributed by atoms with E-state index in [-0.39, 0.29) is 25.5 Å². The van der Waals surface area contributed by atoms with Crippen molar-refractivity contribution in [2.45, 2.75) is 73.0 Å². The fourth-order valence-electron chi connectivity index (χ4n) is 5.03. The van der Waals surface area contributed by atoms with Crippen LogP contribution < -0.4 is 5.19 Å². The molecule has 0 fully saturated rings. The fraction of sp³-hybridized carbons (Fsp3) is 0.300. The molecule has 5 aromatic rings. The molecule has 1 atom stereocenters. The Kier molecular flexibility index (Phi) is 11.7. The Morgan fingerprint density at radius 3 is 1.70 bits per heavy atom. The molecule has 1 radical (unpaired) electrons. The summed E-state index contributed by atoms with van der Waals surface area (Å²) in [6.45, 7) is 20.3. The van der Waals surface area contributed by atoms with Crippen LogP contribution in [0.4, 0.5) is 0 Å². The van der Waals surface area contributed by atoms with E-state index in [9.17, 15) is 0 Å². The van der Waals surface area contributed by atoms with Crippen LogP contribution in [0.1, 0.15) is 65.9 Å². The Balaban J connectivity index is 0.000000240. The number of benzene rings is 3. The molecule has 0 spiro atoms. The maximum absolute atomic E-state index is 8.39. The smallest absolute Gasteiger partial charge is 0.0799 e. The predicted octanol–water partition coefficient (Wildman–Crippen LogP) is 10.6. The molecule has 1 unspecified atom stereocenters. The second-order valence-electron chi connectivity index (χ2n) is 13.5. The third kappa shape index (κ3) is 8.94. The van der Waals surface area contributed by atoms with Gasteiger partial charge in [0.15, 0.2) is 0 Å². The number of nitrogens with zero attached hydrogens (tertiary/aromatic N) is 2. The maximum Gasteiger partial charge on any atom is 0.0799 e. The Labute approximate surface area is 282 Å². The van der Waals surface area contributed by atoms with Gasteiger partial charge in [0, 0.05) is 33.9 Å². The fourth-order valence-corrected chi connectivity index (χ4v) is 6.64. The summed E-state index contributed by atoms with van der Waals surface area (Å²) in [5.41, 5.74) is 8.77. The molecule has 0 N–H and O–H groups in total. The van der Waals surface area contributed by atoms with E-state index in [1.54, 1.807) is 0 Å². The van der Waals surface area contributed by atoms with E-state index in [1.807, 2.05) is 80.7 Å². The van der Waals surface area contributed by atoms with Crippen molar-refractivity contribution in [3.05, 3.63) is 127 Å². The first kappa shape index (κ1) is 33.7. The van der Waals surface area contributed by atoms with Crippen molar-refractivity contribution in [2.24, 2.45) is 5.41 Å². The Hall–Kier alpha value is -3.17. The molecular weight excluding hydrogens is 729 g/mol. The third-order valence-electron chi connectivity index (χ3n) is 8.01. The van der Waals surface area contributed by atoms with Crippen molar-refractivity contribution < 1.29 is 21.5 Å². The van der Waals surface area contributed by atoms with Gasteiger partial charge in [0.05, 0.1) is 8.07 Å². The molecule has 2 aromatic heterocycles. The minimum absolute atomic E-state index is 0. The van der Waals surface area contributed by atoms with Crippen molar-refractivity contribution in [1.29, 1.82) is 0 Å². The van der Waals surface area contributed by atoms with Crippen LogP contribution in [0.2, 0.25) is 19.6 Å². The van der Waals surface area contributed by atoms with Gasteiger partial charge in [-0.25, -0.2) is 0 Å². The van der Waals surface area contributed by atoms with Crippen molar-refractivity contribution >= 4 is 13.3 Å². The Morgan fingerprint density at radius 2 is 1.23 bits per heavy atom. The molecule has 5 rings (SSSR count). The molecule has 0 aliphatic heterocycles. The summed E-state index contributed by atoms with van der Waals surface area (Å²) >= 11 is 0. The number of aromatic nitrogens is 2. The molecule has 0 aliphatic rings. The van der Waals surface area contributed by atoms with E-state index in [0.717, 1.165) is 39.2 Å². The molecule has 2 heterocycles. The van der Waals surface area contributed by atoms with Crippen molar-refractivity contribution in [2.75, 3.05) is 0 Å². The first-order valence-corrected chi connectivity index (χ1v) is 18.7. The van der Waals surface area contributed by atoms with Crippen LogP contribution in [0.15, 0.2) is 103 Å². The number of hydrogen-bond donors (Lipinski definition) is 0. The third-order valence-corrected chi connectivity index (χ3v) is 10.0. The Morgan fingerprint density at radius 1 is 0.705 bits per heavy atom. The minimum atomic E-state index is -1.42. The molecule has 0 saturated carbocycles. The predicted molar refractivity (Wildman–Crippen MR) is 187 cm³/mol. The summed E-state index contributed by atoms with van der Waals surface area (Å²) in [7, 11) is -1.42. The second kappa shape index (κ2) is 15.2. The van der Waals surface area contributed by atoms with Gasteiger partial charge in [0.1, 0.15) is 0 Å². The van der Waals surface area contributed by atoms with Crippen LogP contribution in [0.3, 0.4) is 0 Å². The van der Waals surface area contributed by atoms with Crippen molar-refractivity contribution in [1.82, 2.24) is 9.97 Å². The van der Waals surface area contributed by atoms with Gasteiger partial charge in [-0.2, -0.15) is 0 Å². The van der Waals surface area contributed by atoms with E-state index in [1.165, 1.54) is 10.8 Å². The molecule has 0 saturated heterocycles. The molecule has 231 valence electrons. The SMILES string of the molecule is CC(c1cc(-c2[c-]cccc2)ncc1[Si](C)(C)C)C(C)(C)C.[2H]C(C)(C)c1cnc(-c2[c-]cccc2)cc1-c1ccccc1.[Ir]. The van der Waals surface area contributed by atoms with Crippen LogP contribution in [0.25, 0.3) is 33.6 Å². The summed E-state index contributed by atoms with van der Waals surface area (Å²) in [5.74, 6) is -0.198. The van der Waals surface area contributed by atoms with Crippen LogP contribution in [0, 0.1) is 17.5 Å². The molecule has 0 bridgehead atoms. The van der Waals surface area contributed by atoms with Gasteiger partial charge >= 0.3 is 0 Å². The zero-order valence-electron chi connectivity index (χ0n) is 28.6. The summed E-state index contributed by atoms with van der Waals surface area (Å²) in [6, 6.07) is 37.0. The minimum Gasteiger partial charge on any atom is -0.305 e. The average Bonchev–Trinajstić information content (AvgIpc) is 3.00. The quantitative estimate of drug-likeness (QED) is 0.127. The van der Waals surface area contributed by atoms with E-state index in [2.05, 4.69) is 101 Å². The summed E-state index contributed by atoms with van der Waals surface area (Å²) in [4.78, 5) is 9.29. The summed E-state index contributed by atoms with van der Waals surface area (Å²) < 4.78 is 8.39. The van der Waals surface area contributed by atoms with Crippen LogP contribution in [-0.4, -0.2) is 18.0 Å². The van der Waals surface area contributed by atoms with E-state index >= 15 is 0 Å². The first-order valence-electron chi connectivity index (χ1n) is 15.7. The van der Waals surface area contributed by atoms with Gasteiger partial charge in [0.25, 0.3) is 0 Å². The van der Waals surface area contributed by atoms with Gasteiger partial charge in [-0.1, -0.05) is 109 Å². The number of pyridine rings is 2. The average molecular weight is 776 g/mol. The van der Waals surface area contributed by atoms with Gasteiger partial charge in [0.2, 0.25) is 0 Å². The normalized spacial score (nSPS) is 12.7. The molecule has 44 heavy (non-hydrogen) atoms. The molecule has 4 heteroatoms. The maximum atomic E-state index is 8.39. The second-order valence-corrected chi connectivity index (χ2v) is 18.6. The number of rotatable bonds is 6. The van der Waals surface area contributed by atoms with Gasteiger partial charge < -0.3 is 9.97 Å². The number of hydrogen-bond acceptors (Lipinski definition) is 2. The molecule has 0 aliphatic carbocycles. The van der Waals surface area contributed by atoms with Crippen LogP contribution >= 0.6 is 0 Å². The molecular formula is C40H46IrN2Si-2. The van der Waals surface area contributed by atoms with Crippen LogP contribution in [-0.2, 0) is 20.1 Å². The van der Waals surface area contributed by atoms with Crippen molar-refractivity contribution in [3.8, 4) is 33.6 Å². The molecule has 3 aromatic carbocycles. The van der Waals surface area contributed by atoms with Crippen LogP contribution in [0.5, 0.6) is 0 Å². The monoisotopic (exact) mass is 776 g/mol. The molecule has 0 amide bonds. The first-order chi connectivity index (χ1) is 20.7. The standard InChI is InChI=1S/C20H28NSi.C20H18N.Ir/c1-15(20(2,3)4)17-13-18(16-11-9-8-10-12-16)21-14-19(17)22(5,6)7;1-15(2)19-14-21-20(17-11-7-4-8-12-17)13-18(19)16-9-5-3-6-10-16;/h8-11,13-15H,1-7H3;3-11,13-15H,1-2H3;/q2*-1;/i;15D;. The largest absolute Gasteiger partial charge is 0.305 e. The van der Waals surface area contributed by atoms with Gasteiger partial charge in [-0.05, 0) is 50.5 Å².